The lowest BCUT2D eigenvalue weighted by Crippen LogP contribution is -2.68. The third-order valence-corrected chi connectivity index (χ3v) is 5.22. The molecule has 1 aromatic rings. The highest BCUT2D eigenvalue weighted by molar-refractivity contribution is 5.62. The molecule has 0 amide bonds. The summed E-state index contributed by atoms with van der Waals surface area (Å²) >= 11 is 0. The minimum absolute atomic E-state index is 0.171. The molecule has 3 aliphatic rings. The molecule has 1 aromatic heterocycles. The molecular weight excluding hydrogens is 324 g/mol. The molecule has 1 saturated carbocycles. The Labute approximate surface area is 136 Å². The Hall–Kier alpha value is -1.87. The van der Waals surface area contributed by atoms with Gasteiger partial charge >= 0.3 is 5.82 Å². The van der Waals surface area contributed by atoms with E-state index in [1.807, 2.05) is 11.8 Å². The Balaban J connectivity index is 1.72. The second-order valence-electron chi connectivity index (χ2n) is 6.66. The van der Waals surface area contributed by atoms with Crippen LogP contribution in [0.1, 0.15) is 24.8 Å². The normalized spacial score (nSPS) is 30.0. The Morgan fingerprint density at radius 3 is 2.71 bits per heavy atom. The fourth-order valence-electron chi connectivity index (χ4n) is 3.48. The molecule has 2 saturated heterocycles. The maximum absolute atomic E-state index is 13.4. The number of halogens is 2. The summed E-state index contributed by atoms with van der Waals surface area (Å²) in [6.45, 7) is 3.59. The van der Waals surface area contributed by atoms with Crippen molar-refractivity contribution in [3.8, 4) is 0 Å². The molecule has 7 nitrogen and oxygen atoms in total. The molecule has 4 rings (SSSR count). The average Bonchev–Trinajstić information content (AvgIpc) is 3.14. The maximum atomic E-state index is 13.4. The number of aromatic nitrogens is 1. The molecule has 1 aliphatic carbocycles. The van der Waals surface area contributed by atoms with Crippen molar-refractivity contribution in [1.82, 2.24) is 4.98 Å². The molecule has 0 aromatic carbocycles. The minimum Gasteiger partial charge on any atom is -0.375 e. The van der Waals surface area contributed by atoms with Gasteiger partial charge in [-0.3, -0.25) is 0 Å². The fraction of sp³-hybridized carbons (Fsp3) is 0.667. The first-order valence-corrected chi connectivity index (χ1v) is 7.85. The number of rotatable bonds is 3. The van der Waals surface area contributed by atoms with E-state index in [1.165, 1.54) is 12.3 Å². The molecule has 3 fully saturated rings. The van der Waals surface area contributed by atoms with E-state index in [0.717, 1.165) is 0 Å². The van der Waals surface area contributed by atoms with Gasteiger partial charge in [0.2, 0.25) is 0 Å². The third kappa shape index (κ3) is 2.26. The molecule has 1 spiro atoms. The first-order chi connectivity index (χ1) is 11.3. The predicted octanol–water partition coefficient (Wildman–Crippen LogP) is 2.11. The van der Waals surface area contributed by atoms with Crippen molar-refractivity contribution in [2.45, 2.75) is 36.8 Å². The monoisotopic (exact) mass is 341 g/mol. The number of nitro groups is 1. The van der Waals surface area contributed by atoms with Gasteiger partial charge in [-0.1, -0.05) is 0 Å². The first-order valence-electron chi connectivity index (χ1n) is 7.85. The van der Waals surface area contributed by atoms with Crippen molar-refractivity contribution in [3.05, 3.63) is 27.9 Å². The number of pyridine rings is 1. The van der Waals surface area contributed by atoms with Crippen LogP contribution in [-0.2, 0) is 9.47 Å². The van der Waals surface area contributed by atoms with E-state index in [2.05, 4.69) is 4.98 Å². The Morgan fingerprint density at radius 2 is 2.17 bits per heavy atom. The smallest absolute Gasteiger partial charge is 0.375 e. The van der Waals surface area contributed by atoms with Crippen LogP contribution in [0.25, 0.3) is 0 Å². The summed E-state index contributed by atoms with van der Waals surface area (Å²) in [5, 5.41) is 11.4. The number of anilines is 1. The SMILES string of the molecule is CC1N(c2cc(C3CC3(F)F)cnc2[N+](=O)[O-])CCOC12COC2. The Kier molecular flexibility index (Phi) is 3.30. The van der Waals surface area contributed by atoms with Crippen molar-refractivity contribution < 1.29 is 23.2 Å². The summed E-state index contributed by atoms with van der Waals surface area (Å²) in [5.74, 6) is -3.96. The Morgan fingerprint density at radius 1 is 1.46 bits per heavy atom. The lowest BCUT2D eigenvalue weighted by Gasteiger charge is -2.53. The molecular formula is C15H17F2N3O4. The van der Waals surface area contributed by atoms with Crippen molar-refractivity contribution in [2.24, 2.45) is 0 Å². The fourth-order valence-corrected chi connectivity index (χ4v) is 3.48. The van der Waals surface area contributed by atoms with Gasteiger partial charge in [0.15, 0.2) is 0 Å². The second-order valence-corrected chi connectivity index (χ2v) is 6.66. The van der Waals surface area contributed by atoms with Crippen LogP contribution in [-0.4, -0.2) is 53.8 Å². The summed E-state index contributed by atoms with van der Waals surface area (Å²) in [5.41, 5.74) is 0.131. The van der Waals surface area contributed by atoms with Crippen LogP contribution in [0, 0.1) is 10.1 Å². The van der Waals surface area contributed by atoms with E-state index in [-0.39, 0.29) is 24.0 Å². The summed E-state index contributed by atoms with van der Waals surface area (Å²) in [7, 11) is 0. The maximum Gasteiger partial charge on any atom is 0.387 e. The van der Waals surface area contributed by atoms with Crippen LogP contribution >= 0.6 is 0 Å². The van der Waals surface area contributed by atoms with Crippen LogP contribution in [0.15, 0.2) is 12.3 Å². The van der Waals surface area contributed by atoms with Crippen LogP contribution in [0.2, 0.25) is 0 Å². The quantitative estimate of drug-likeness (QED) is 0.619. The van der Waals surface area contributed by atoms with Gasteiger partial charge in [-0.2, -0.15) is 0 Å². The van der Waals surface area contributed by atoms with E-state index in [4.69, 9.17) is 9.47 Å². The zero-order chi connectivity index (χ0) is 17.1. The molecule has 130 valence electrons. The van der Waals surface area contributed by atoms with Gasteiger partial charge in [0.1, 0.15) is 17.5 Å². The second kappa shape index (κ2) is 5.06. The number of morpholine rings is 1. The highest BCUT2D eigenvalue weighted by Crippen LogP contribution is 2.56. The molecule has 2 aliphatic heterocycles. The molecule has 9 heteroatoms. The zero-order valence-corrected chi connectivity index (χ0v) is 13.1. The van der Waals surface area contributed by atoms with Gasteiger partial charge in [-0.15, -0.1) is 0 Å². The lowest BCUT2D eigenvalue weighted by molar-refractivity contribution is -0.388. The van der Waals surface area contributed by atoms with E-state index in [1.54, 1.807) is 0 Å². The van der Waals surface area contributed by atoms with Crippen LogP contribution in [0.5, 0.6) is 0 Å². The molecule has 2 atom stereocenters. The molecule has 0 N–H and O–H groups in total. The minimum atomic E-state index is -2.74. The summed E-state index contributed by atoms with van der Waals surface area (Å²) in [4.78, 5) is 16.5. The van der Waals surface area contributed by atoms with Gasteiger partial charge in [0.05, 0.1) is 31.8 Å². The van der Waals surface area contributed by atoms with E-state index in [0.29, 0.717) is 31.9 Å². The van der Waals surface area contributed by atoms with Gasteiger partial charge in [0.25, 0.3) is 5.92 Å². The van der Waals surface area contributed by atoms with Gasteiger partial charge in [0, 0.05) is 18.5 Å². The summed E-state index contributed by atoms with van der Waals surface area (Å²) in [6, 6.07) is 1.32. The molecule has 0 radical (unpaired) electrons. The van der Waals surface area contributed by atoms with Crippen LogP contribution in [0.3, 0.4) is 0 Å². The molecule has 3 heterocycles. The molecule has 2 unspecified atom stereocenters. The van der Waals surface area contributed by atoms with E-state index in [9.17, 15) is 18.9 Å². The first kappa shape index (κ1) is 15.6. The van der Waals surface area contributed by atoms with Gasteiger partial charge < -0.3 is 24.5 Å². The van der Waals surface area contributed by atoms with Crippen LogP contribution < -0.4 is 4.90 Å². The van der Waals surface area contributed by atoms with Crippen molar-refractivity contribution in [1.29, 1.82) is 0 Å². The van der Waals surface area contributed by atoms with Crippen molar-refractivity contribution >= 4 is 11.5 Å². The number of alkyl halides is 2. The van der Waals surface area contributed by atoms with Gasteiger partial charge in [-0.05, 0) is 22.9 Å². The van der Waals surface area contributed by atoms with Gasteiger partial charge in [-0.25, -0.2) is 8.78 Å². The number of hydrogen-bond donors (Lipinski definition) is 0. The topological polar surface area (TPSA) is 77.7 Å². The predicted molar refractivity (Wildman–Crippen MR) is 79.5 cm³/mol. The third-order valence-electron chi connectivity index (χ3n) is 5.22. The standard InChI is InChI=1S/C15H17F2N3O4/c1-9-14(7-23-8-14)24-3-2-19(9)12-4-10(11-5-15(11,16)17)6-18-13(12)20(21)22/h4,6,9,11H,2-3,5,7-8H2,1H3. The molecule has 24 heavy (non-hydrogen) atoms. The zero-order valence-electron chi connectivity index (χ0n) is 13.1. The van der Waals surface area contributed by atoms with Crippen LogP contribution in [0.4, 0.5) is 20.3 Å². The van der Waals surface area contributed by atoms with E-state index >= 15 is 0 Å². The van der Waals surface area contributed by atoms with Crippen molar-refractivity contribution in [3.63, 3.8) is 0 Å². The van der Waals surface area contributed by atoms with Crippen molar-refractivity contribution in [2.75, 3.05) is 31.3 Å². The largest absolute Gasteiger partial charge is 0.387 e. The summed E-state index contributed by atoms with van der Waals surface area (Å²) < 4.78 is 37.8. The lowest BCUT2D eigenvalue weighted by atomic mass is 9.90. The highest BCUT2D eigenvalue weighted by atomic mass is 19.3. The number of nitrogens with zero attached hydrogens (tertiary/aromatic N) is 3. The number of hydrogen-bond acceptors (Lipinski definition) is 6. The highest BCUT2D eigenvalue weighted by Gasteiger charge is 2.58. The number of ether oxygens (including phenoxy) is 2. The average molecular weight is 341 g/mol. The Bertz CT molecular complexity index is 695. The van der Waals surface area contributed by atoms with E-state index < -0.39 is 22.4 Å². The summed E-state index contributed by atoms with van der Waals surface area (Å²) in [6.07, 6.45) is 0.961. The molecule has 0 bridgehead atoms.